The van der Waals surface area contributed by atoms with E-state index in [0.29, 0.717) is 0 Å². The number of benzene rings is 2. The van der Waals surface area contributed by atoms with E-state index in [1.54, 1.807) is 0 Å². The molecule has 0 saturated carbocycles. The molecule has 0 saturated heterocycles. The van der Waals surface area contributed by atoms with Crippen LogP contribution in [0.25, 0.3) is 0 Å². The predicted octanol–water partition coefficient (Wildman–Crippen LogP) is 3.47. The van der Waals surface area contributed by atoms with E-state index in [4.69, 9.17) is 4.99 Å². The molecule has 0 aromatic heterocycles. The Morgan fingerprint density at radius 1 is 1.05 bits per heavy atom. The van der Waals surface area contributed by atoms with Crippen molar-refractivity contribution in [1.82, 2.24) is 0 Å². The van der Waals surface area contributed by atoms with E-state index in [2.05, 4.69) is 86.4 Å². The first-order valence-electron chi connectivity index (χ1n) is 6.53. The fourth-order valence-electron chi connectivity index (χ4n) is 2.22. The van der Waals surface area contributed by atoms with Gasteiger partial charge in [-0.15, -0.1) is 0 Å². The third-order valence-electron chi connectivity index (χ3n) is 3.44. The SMILES string of the molecule is CN(C)c1ccc2c(c1)S(I)=c1cc([N](C)[Tl])ccc1=N2. The van der Waals surface area contributed by atoms with Crippen LogP contribution < -0.4 is 13.0 Å². The monoisotopic (exact) mass is 601 g/mol. The molecule has 0 N–H and O–H groups in total. The Morgan fingerprint density at radius 2 is 1.76 bits per heavy atom. The summed E-state index contributed by atoms with van der Waals surface area (Å²) in [4.78, 5) is 8.32. The van der Waals surface area contributed by atoms with E-state index in [1.807, 2.05) is 0 Å². The Kier molecular flexibility index (Phi) is 4.61. The molecule has 0 amide bonds. The van der Waals surface area contributed by atoms with Crippen molar-refractivity contribution in [2.24, 2.45) is 4.99 Å². The molecule has 6 heteroatoms. The van der Waals surface area contributed by atoms with Gasteiger partial charge in [0, 0.05) is 0 Å². The normalized spacial score (nSPS) is 15.7. The van der Waals surface area contributed by atoms with Crippen molar-refractivity contribution in [3.05, 3.63) is 46.3 Å². The fourth-order valence-corrected chi connectivity index (χ4v) is 6.24. The number of hydrogen-bond donors (Lipinski definition) is 0. The topological polar surface area (TPSA) is 18.8 Å². The number of rotatable bonds is 2. The summed E-state index contributed by atoms with van der Waals surface area (Å²) >= 11 is 3.38. The summed E-state index contributed by atoms with van der Waals surface area (Å²) in [5.74, 6) is 0. The number of halogens is 1. The summed E-state index contributed by atoms with van der Waals surface area (Å²) in [6, 6.07) is 13.2. The molecule has 3 rings (SSSR count). The van der Waals surface area contributed by atoms with E-state index < -0.39 is 0 Å². The quantitative estimate of drug-likeness (QED) is 0.299. The molecule has 1 heterocycles. The van der Waals surface area contributed by atoms with Gasteiger partial charge in [0.2, 0.25) is 0 Å². The molecule has 1 unspecified atom stereocenters. The molecular weight excluding hydrogens is 586 g/mol. The van der Waals surface area contributed by atoms with Gasteiger partial charge in [0.25, 0.3) is 0 Å². The minimum absolute atomic E-state index is 0.0477. The van der Waals surface area contributed by atoms with Crippen LogP contribution in [0.1, 0.15) is 0 Å². The van der Waals surface area contributed by atoms with Crippen LogP contribution in [0.15, 0.2) is 46.3 Å². The molecule has 2 aromatic carbocycles. The zero-order valence-corrected chi connectivity index (χ0v) is 19.6. The average molecular weight is 601 g/mol. The van der Waals surface area contributed by atoms with Crippen molar-refractivity contribution in [2.45, 2.75) is 4.90 Å². The van der Waals surface area contributed by atoms with Gasteiger partial charge in [-0.05, 0) is 0 Å². The van der Waals surface area contributed by atoms with E-state index in [0.717, 1.165) is 37.1 Å². The third kappa shape index (κ3) is 3.01. The molecule has 1 atom stereocenters. The van der Waals surface area contributed by atoms with E-state index >= 15 is 0 Å². The van der Waals surface area contributed by atoms with Gasteiger partial charge in [-0.1, -0.05) is 0 Å². The molecule has 3 nitrogen and oxygen atoms in total. The summed E-state index contributed by atoms with van der Waals surface area (Å²) in [6.07, 6.45) is 0. The van der Waals surface area contributed by atoms with Gasteiger partial charge in [0.1, 0.15) is 0 Å². The zero-order valence-electron chi connectivity index (χ0n) is 12.2. The maximum atomic E-state index is 4.84. The van der Waals surface area contributed by atoms with Gasteiger partial charge < -0.3 is 0 Å². The summed E-state index contributed by atoms with van der Waals surface area (Å²) in [5, 5.41) is 1.12. The maximum absolute atomic E-state index is 4.84. The predicted molar refractivity (Wildman–Crippen MR) is 101 cm³/mol. The molecule has 106 valence electrons. The first-order valence-corrected chi connectivity index (χ1v) is 12.3. The Hall–Kier alpha value is -0.158. The standard InChI is InChI=1S/C15H15IN3S.Tl/c1-17-10-4-6-12-14(8-10)20(16)15-9-11(19(2)3)5-7-13(15)18-12;/h4-9H,1-3H3;/q-1;+1. The van der Waals surface area contributed by atoms with Gasteiger partial charge in [0.15, 0.2) is 0 Å². The minimum atomic E-state index is 0.0477. The Labute approximate surface area is 155 Å². The van der Waals surface area contributed by atoms with Gasteiger partial charge in [0.05, 0.1) is 0 Å². The van der Waals surface area contributed by atoms with E-state index in [1.165, 1.54) is 20.8 Å². The van der Waals surface area contributed by atoms with Crippen LogP contribution in [0.3, 0.4) is 0 Å². The van der Waals surface area contributed by atoms with Crippen molar-refractivity contribution in [3.63, 3.8) is 0 Å². The van der Waals surface area contributed by atoms with Crippen LogP contribution in [0, 0.1) is 4.51 Å². The second-order valence-electron chi connectivity index (χ2n) is 5.18. The number of hydrogen-bond acceptors (Lipinski definition) is 3. The van der Waals surface area contributed by atoms with Crippen LogP contribution in [0.4, 0.5) is 17.1 Å². The molecule has 1 aliphatic rings. The van der Waals surface area contributed by atoms with Crippen molar-refractivity contribution in [1.29, 1.82) is 0 Å². The molecular formula is C15H15IN3STl. The van der Waals surface area contributed by atoms with Gasteiger partial charge >= 0.3 is 157 Å². The number of nitrogens with zero attached hydrogens (tertiary/aromatic N) is 3. The summed E-state index contributed by atoms with van der Waals surface area (Å²) in [6.45, 7) is 0. The molecule has 0 fully saturated rings. The number of anilines is 2. The molecule has 0 aliphatic carbocycles. The average Bonchev–Trinajstić information content (AvgIpc) is 2.46. The van der Waals surface area contributed by atoms with Gasteiger partial charge in [-0.2, -0.15) is 0 Å². The molecule has 2 aromatic rings. The Balaban J connectivity index is 2.27. The van der Waals surface area contributed by atoms with Crippen LogP contribution in [-0.2, 0) is 0 Å². The fraction of sp³-hybridized carbons (Fsp3) is 0.200. The number of fused-ring (bicyclic) bond motifs is 2. The first kappa shape index (κ1) is 15.7. The van der Waals surface area contributed by atoms with Crippen molar-refractivity contribution >= 4 is 72.0 Å². The van der Waals surface area contributed by atoms with Crippen LogP contribution in [-0.4, -0.2) is 47.2 Å². The second kappa shape index (κ2) is 6.15. The zero-order chi connectivity index (χ0) is 15.1. The van der Waals surface area contributed by atoms with Crippen molar-refractivity contribution in [3.8, 4) is 0 Å². The van der Waals surface area contributed by atoms with Crippen LogP contribution in [0.2, 0.25) is 0 Å². The summed E-state index contributed by atoms with van der Waals surface area (Å²) < 4.78 is 3.66. The Morgan fingerprint density at radius 3 is 2.43 bits per heavy atom. The Bertz CT molecular complexity index is 833. The van der Waals surface area contributed by atoms with Crippen LogP contribution >= 0.6 is 28.9 Å². The van der Waals surface area contributed by atoms with Crippen LogP contribution in [0.5, 0.6) is 0 Å². The van der Waals surface area contributed by atoms with E-state index in [9.17, 15) is 0 Å². The molecule has 21 heavy (non-hydrogen) atoms. The summed E-state index contributed by atoms with van der Waals surface area (Å²) in [7, 11) is 6.36. The van der Waals surface area contributed by atoms with E-state index in [-0.39, 0.29) is 7.66 Å². The molecule has 0 radical (unpaired) electrons. The first-order chi connectivity index (χ1) is 9.97. The molecule has 0 bridgehead atoms. The second-order valence-corrected chi connectivity index (χ2v) is 12.2. The summed E-state index contributed by atoms with van der Waals surface area (Å²) in [5.41, 5.74) is 3.65. The molecule has 0 spiro atoms. The van der Waals surface area contributed by atoms with Gasteiger partial charge in [-0.3, -0.25) is 0 Å². The van der Waals surface area contributed by atoms with Gasteiger partial charge in [-0.25, -0.2) is 0 Å². The van der Waals surface area contributed by atoms with Crippen molar-refractivity contribution in [2.75, 3.05) is 28.8 Å². The third-order valence-corrected chi connectivity index (χ3v) is 8.87. The molecule has 1 aliphatic heterocycles. The van der Waals surface area contributed by atoms with Crippen molar-refractivity contribution < 1.29 is 0 Å².